The van der Waals surface area contributed by atoms with Crippen molar-refractivity contribution in [2.24, 2.45) is 7.05 Å². The third kappa shape index (κ3) is 7.56. The molecule has 0 saturated carbocycles. The second-order valence-corrected chi connectivity index (χ2v) is 10.1. The van der Waals surface area contributed by atoms with Gasteiger partial charge in [-0.2, -0.15) is 0 Å². The van der Waals surface area contributed by atoms with E-state index >= 15 is 0 Å². The highest BCUT2D eigenvalue weighted by Crippen LogP contribution is 2.36. The van der Waals surface area contributed by atoms with Crippen molar-refractivity contribution in [1.82, 2.24) is 30.4 Å². The number of carboxylic acids is 1. The number of amides is 2. The van der Waals surface area contributed by atoms with Crippen LogP contribution in [0.3, 0.4) is 0 Å². The van der Waals surface area contributed by atoms with E-state index in [2.05, 4.69) is 31.1 Å². The number of nitrogens with one attached hydrogen (secondary N) is 2. The molecule has 2 amide bonds. The number of tetrazole rings is 1. The van der Waals surface area contributed by atoms with E-state index in [1.54, 1.807) is 25.2 Å². The number of halogens is 1. The first-order chi connectivity index (χ1) is 17.5. The fourth-order valence-electron chi connectivity index (χ4n) is 4.18. The van der Waals surface area contributed by atoms with E-state index in [0.717, 1.165) is 24.9 Å². The first-order valence-corrected chi connectivity index (χ1v) is 12.1. The van der Waals surface area contributed by atoms with Crippen molar-refractivity contribution in [2.45, 2.75) is 45.6 Å². The average molecular weight is 512 g/mol. The van der Waals surface area contributed by atoms with Crippen LogP contribution in [0.5, 0.6) is 0 Å². The smallest absolute Gasteiger partial charge is 0.336 e. The SMILES string of the molecule is CN(CCCCNC(=O)Nc1cc(-c2nnnn2C)cc(C(=O)O)c1C(C)(C)C)Cc1ccc(F)cc1. The van der Waals surface area contributed by atoms with E-state index in [-0.39, 0.29) is 11.4 Å². The van der Waals surface area contributed by atoms with Gasteiger partial charge in [-0.05, 0) is 77.7 Å². The van der Waals surface area contributed by atoms with Gasteiger partial charge in [-0.1, -0.05) is 32.9 Å². The Kier molecular flexibility index (Phi) is 8.93. The fraction of sp³-hybridized carbons (Fsp3) is 0.423. The maximum atomic E-state index is 13.1. The van der Waals surface area contributed by atoms with Crippen LogP contribution in [0.2, 0.25) is 0 Å². The van der Waals surface area contributed by atoms with Crippen LogP contribution in [0.1, 0.15) is 55.1 Å². The zero-order valence-electron chi connectivity index (χ0n) is 21.9. The number of benzene rings is 2. The predicted octanol–water partition coefficient (Wildman–Crippen LogP) is 4.05. The van der Waals surface area contributed by atoms with E-state index in [1.165, 1.54) is 22.9 Å². The lowest BCUT2D eigenvalue weighted by Gasteiger charge is -2.26. The fourth-order valence-corrected chi connectivity index (χ4v) is 4.18. The Bertz CT molecular complexity index is 1240. The molecule has 0 bridgehead atoms. The maximum Gasteiger partial charge on any atom is 0.336 e. The molecular formula is C26H34FN7O3. The molecule has 11 heteroatoms. The first kappa shape index (κ1) is 27.7. The lowest BCUT2D eigenvalue weighted by Crippen LogP contribution is -2.32. The molecule has 0 fully saturated rings. The van der Waals surface area contributed by atoms with Gasteiger partial charge in [-0.3, -0.25) is 0 Å². The van der Waals surface area contributed by atoms with Gasteiger partial charge in [0.1, 0.15) is 5.82 Å². The number of aromatic carboxylic acids is 1. The van der Waals surface area contributed by atoms with Gasteiger partial charge in [0.2, 0.25) is 0 Å². The van der Waals surface area contributed by atoms with Crippen molar-refractivity contribution in [2.75, 3.05) is 25.5 Å². The van der Waals surface area contributed by atoms with Gasteiger partial charge in [-0.15, -0.1) is 5.10 Å². The van der Waals surface area contributed by atoms with Crippen LogP contribution in [0.4, 0.5) is 14.9 Å². The van der Waals surface area contributed by atoms with Gasteiger partial charge in [0.15, 0.2) is 5.82 Å². The Hall–Kier alpha value is -3.86. The van der Waals surface area contributed by atoms with Crippen LogP contribution in [-0.2, 0) is 19.0 Å². The van der Waals surface area contributed by atoms with Crippen LogP contribution in [0.25, 0.3) is 11.4 Å². The molecule has 0 aliphatic rings. The molecule has 0 saturated heterocycles. The largest absolute Gasteiger partial charge is 0.478 e. The third-order valence-corrected chi connectivity index (χ3v) is 5.86. The molecule has 0 aliphatic heterocycles. The Morgan fingerprint density at radius 1 is 1.14 bits per heavy atom. The molecule has 3 rings (SSSR count). The Balaban J connectivity index is 1.62. The number of nitrogens with zero attached hydrogens (tertiary/aromatic N) is 5. The summed E-state index contributed by atoms with van der Waals surface area (Å²) < 4.78 is 14.5. The van der Waals surface area contributed by atoms with Crippen molar-refractivity contribution >= 4 is 17.7 Å². The third-order valence-electron chi connectivity index (χ3n) is 5.86. The standard InChI is InChI=1S/C26H34FN7O3/c1-26(2,3)22-20(24(35)36)14-18(23-30-31-32-34(23)5)15-21(22)29-25(37)28-12-6-7-13-33(4)16-17-8-10-19(27)11-9-17/h8-11,14-15H,6-7,12-13,16H2,1-5H3,(H,35,36)(H2,28,29,37). The summed E-state index contributed by atoms with van der Waals surface area (Å²) >= 11 is 0. The van der Waals surface area contributed by atoms with Gasteiger partial charge < -0.3 is 20.6 Å². The summed E-state index contributed by atoms with van der Waals surface area (Å²) in [5, 5.41) is 27.0. The minimum atomic E-state index is -1.10. The monoisotopic (exact) mass is 511 g/mol. The van der Waals surface area contributed by atoms with Crippen LogP contribution >= 0.6 is 0 Å². The lowest BCUT2D eigenvalue weighted by atomic mass is 9.81. The first-order valence-electron chi connectivity index (χ1n) is 12.1. The van der Waals surface area contributed by atoms with Gasteiger partial charge in [0, 0.05) is 31.4 Å². The van der Waals surface area contributed by atoms with E-state index < -0.39 is 17.4 Å². The molecule has 3 N–H and O–H groups in total. The van der Waals surface area contributed by atoms with Crippen molar-refractivity contribution in [3.63, 3.8) is 0 Å². The molecule has 0 unspecified atom stereocenters. The lowest BCUT2D eigenvalue weighted by molar-refractivity contribution is 0.0694. The predicted molar refractivity (Wildman–Crippen MR) is 139 cm³/mol. The van der Waals surface area contributed by atoms with Crippen molar-refractivity contribution < 1.29 is 19.1 Å². The van der Waals surface area contributed by atoms with Crippen LogP contribution in [0, 0.1) is 5.82 Å². The van der Waals surface area contributed by atoms with Crippen molar-refractivity contribution in [3.8, 4) is 11.4 Å². The normalized spacial score (nSPS) is 11.5. The van der Waals surface area contributed by atoms with Crippen LogP contribution in [0.15, 0.2) is 36.4 Å². The van der Waals surface area contributed by atoms with Gasteiger partial charge in [0.05, 0.1) is 5.56 Å². The summed E-state index contributed by atoms with van der Waals surface area (Å²) in [6, 6.07) is 9.26. The second kappa shape index (κ2) is 11.9. The van der Waals surface area contributed by atoms with E-state index in [1.807, 2.05) is 27.8 Å². The van der Waals surface area contributed by atoms with Gasteiger partial charge >= 0.3 is 12.0 Å². The van der Waals surface area contributed by atoms with E-state index in [0.29, 0.717) is 35.7 Å². The number of unbranched alkanes of at least 4 members (excludes halogenated alkanes) is 1. The molecule has 0 aliphatic carbocycles. The molecule has 10 nitrogen and oxygen atoms in total. The number of carbonyl (C=O) groups is 2. The summed E-state index contributed by atoms with van der Waals surface area (Å²) in [5.41, 5.74) is 1.95. The van der Waals surface area contributed by atoms with Crippen molar-refractivity contribution in [3.05, 3.63) is 58.9 Å². The molecule has 0 atom stereocenters. The Morgan fingerprint density at radius 2 is 1.84 bits per heavy atom. The van der Waals surface area contributed by atoms with Crippen LogP contribution in [-0.4, -0.2) is 62.4 Å². The number of urea groups is 1. The Labute approximate surface area is 215 Å². The number of hydrogen-bond acceptors (Lipinski definition) is 6. The molecule has 3 aromatic rings. The molecule has 37 heavy (non-hydrogen) atoms. The van der Waals surface area contributed by atoms with Crippen molar-refractivity contribution in [1.29, 1.82) is 0 Å². The highest BCUT2D eigenvalue weighted by Gasteiger charge is 2.28. The summed E-state index contributed by atoms with van der Waals surface area (Å²) in [6.45, 7) is 7.68. The summed E-state index contributed by atoms with van der Waals surface area (Å²) in [6.07, 6.45) is 1.63. The molecule has 2 aromatic carbocycles. The Morgan fingerprint density at radius 3 is 2.43 bits per heavy atom. The summed E-state index contributed by atoms with van der Waals surface area (Å²) in [5.74, 6) is -0.965. The van der Waals surface area contributed by atoms with E-state index in [4.69, 9.17) is 0 Å². The van der Waals surface area contributed by atoms with Crippen LogP contribution < -0.4 is 10.6 Å². The number of aromatic nitrogens is 4. The van der Waals surface area contributed by atoms with Gasteiger partial charge in [0.25, 0.3) is 0 Å². The molecular weight excluding hydrogens is 477 g/mol. The molecule has 1 aromatic heterocycles. The quantitative estimate of drug-likeness (QED) is 0.351. The highest BCUT2D eigenvalue weighted by molar-refractivity contribution is 5.98. The molecule has 198 valence electrons. The zero-order valence-corrected chi connectivity index (χ0v) is 21.9. The molecule has 0 spiro atoms. The topological polar surface area (TPSA) is 125 Å². The summed E-state index contributed by atoms with van der Waals surface area (Å²) in [4.78, 5) is 27.0. The minimum Gasteiger partial charge on any atom is -0.478 e. The van der Waals surface area contributed by atoms with E-state index in [9.17, 15) is 19.1 Å². The minimum absolute atomic E-state index is 0.0764. The number of rotatable bonds is 10. The number of anilines is 1. The van der Waals surface area contributed by atoms with Gasteiger partial charge in [-0.25, -0.2) is 18.7 Å². The average Bonchev–Trinajstić information content (AvgIpc) is 3.25. The number of carboxylic acid groups (broad SMARTS) is 1. The number of aryl methyl sites for hydroxylation is 1. The molecule has 1 heterocycles. The number of hydrogen-bond donors (Lipinski definition) is 3. The zero-order chi connectivity index (χ0) is 27.2. The number of carbonyl (C=O) groups excluding carboxylic acids is 1. The maximum absolute atomic E-state index is 13.1. The molecule has 0 radical (unpaired) electrons. The highest BCUT2D eigenvalue weighted by atomic mass is 19.1. The second-order valence-electron chi connectivity index (χ2n) is 10.1. The summed E-state index contributed by atoms with van der Waals surface area (Å²) in [7, 11) is 3.65.